The van der Waals surface area contributed by atoms with Crippen LogP contribution >= 0.6 is 12.2 Å². The number of nitrogens with zero attached hydrogens (tertiary/aromatic N) is 1. The van der Waals surface area contributed by atoms with Crippen molar-refractivity contribution in [1.82, 2.24) is 4.90 Å². The highest BCUT2D eigenvalue weighted by Crippen LogP contribution is 2.11. The van der Waals surface area contributed by atoms with E-state index in [4.69, 9.17) is 22.7 Å². The van der Waals surface area contributed by atoms with Crippen molar-refractivity contribution in [3.8, 4) is 0 Å². The molecule has 0 unspecified atom stereocenters. The third kappa shape index (κ3) is 4.96. The molecule has 0 bridgehead atoms. The molecule has 104 valence electrons. The Bertz CT molecular complexity index is 449. The Morgan fingerprint density at radius 1 is 1.37 bits per heavy atom. The number of hydrogen-bond donors (Lipinski definition) is 1. The van der Waals surface area contributed by atoms with Gasteiger partial charge in [-0.1, -0.05) is 30.4 Å². The van der Waals surface area contributed by atoms with Gasteiger partial charge in [0.1, 0.15) is 0 Å². The van der Waals surface area contributed by atoms with Crippen molar-refractivity contribution in [3.63, 3.8) is 0 Å². The number of amides is 1. The fourth-order valence-electron chi connectivity index (χ4n) is 1.74. The molecular formula is C14H20N2O2S. The number of thiocarbonyl (C=S) groups is 1. The van der Waals surface area contributed by atoms with E-state index < -0.39 is 0 Å². The molecule has 0 radical (unpaired) electrons. The number of rotatable bonds is 7. The molecule has 2 N–H and O–H groups in total. The number of benzene rings is 1. The van der Waals surface area contributed by atoms with E-state index in [1.54, 1.807) is 12.0 Å². The minimum Gasteiger partial charge on any atom is -0.393 e. The molecule has 0 aliphatic rings. The van der Waals surface area contributed by atoms with Crippen LogP contribution < -0.4 is 5.73 Å². The summed E-state index contributed by atoms with van der Waals surface area (Å²) in [7, 11) is 1.62. The molecule has 4 nitrogen and oxygen atoms in total. The van der Waals surface area contributed by atoms with Crippen LogP contribution in [0.1, 0.15) is 22.3 Å². The number of carbonyl (C=O) groups excluding carboxylic acids is 1. The Morgan fingerprint density at radius 3 is 2.63 bits per heavy atom. The molecule has 19 heavy (non-hydrogen) atoms. The van der Waals surface area contributed by atoms with Crippen LogP contribution in [-0.2, 0) is 4.74 Å². The lowest BCUT2D eigenvalue weighted by atomic mass is 10.1. The number of nitrogens with two attached hydrogens (primary N) is 1. The smallest absolute Gasteiger partial charge is 0.254 e. The van der Waals surface area contributed by atoms with Gasteiger partial charge in [0, 0.05) is 32.2 Å². The first kappa shape index (κ1) is 15.6. The highest BCUT2D eigenvalue weighted by atomic mass is 32.1. The standard InChI is InChI=1S/C14H20N2O2S/c1-11-5-3-4-6-12(11)14(17)16(9-10-18-2)8-7-13(15)19/h3-6H,7-10H2,1-2H3,(H2,15,19). The minimum absolute atomic E-state index is 0.00796. The van der Waals surface area contributed by atoms with Crippen molar-refractivity contribution in [2.75, 3.05) is 26.8 Å². The van der Waals surface area contributed by atoms with E-state index in [1.165, 1.54) is 0 Å². The number of aryl methyl sites for hydroxylation is 1. The van der Waals surface area contributed by atoms with E-state index in [2.05, 4.69) is 0 Å². The second-order valence-corrected chi connectivity index (χ2v) is 4.84. The largest absolute Gasteiger partial charge is 0.393 e. The van der Waals surface area contributed by atoms with Crippen molar-refractivity contribution in [2.45, 2.75) is 13.3 Å². The van der Waals surface area contributed by atoms with Crippen LogP contribution in [0.25, 0.3) is 0 Å². The van der Waals surface area contributed by atoms with Crippen molar-refractivity contribution >= 4 is 23.1 Å². The van der Waals surface area contributed by atoms with Gasteiger partial charge in [0.2, 0.25) is 0 Å². The lowest BCUT2D eigenvalue weighted by Gasteiger charge is -2.23. The van der Waals surface area contributed by atoms with Gasteiger partial charge in [-0.05, 0) is 18.6 Å². The molecule has 1 amide bonds. The lowest BCUT2D eigenvalue weighted by Crippen LogP contribution is -2.36. The predicted octanol–water partition coefficient (Wildman–Crippen LogP) is 1.76. The Labute approximate surface area is 119 Å². The van der Waals surface area contributed by atoms with Gasteiger partial charge in [-0.2, -0.15) is 0 Å². The van der Waals surface area contributed by atoms with Gasteiger partial charge in [0.05, 0.1) is 11.6 Å². The van der Waals surface area contributed by atoms with Crippen LogP contribution in [0.4, 0.5) is 0 Å². The normalized spacial score (nSPS) is 10.2. The zero-order valence-corrected chi connectivity index (χ0v) is 12.2. The maximum Gasteiger partial charge on any atom is 0.254 e. The van der Waals surface area contributed by atoms with Crippen molar-refractivity contribution < 1.29 is 9.53 Å². The molecule has 0 spiro atoms. The zero-order chi connectivity index (χ0) is 14.3. The number of methoxy groups -OCH3 is 1. The first-order chi connectivity index (χ1) is 9.06. The topological polar surface area (TPSA) is 55.6 Å². The monoisotopic (exact) mass is 280 g/mol. The molecule has 0 fully saturated rings. The lowest BCUT2D eigenvalue weighted by molar-refractivity contribution is 0.0700. The first-order valence-corrected chi connectivity index (χ1v) is 6.59. The highest BCUT2D eigenvalue weighted by molar-refractivity contribution is 7.80. The van der Waals surface area contributed by atoms with Crippen molar-refractivity contribution in [2.24, 2.45) is 5.73 Å². The van der Waals surface area contributed by atoms with Gasteiger partial charge in [-0.3, -0.25) is 4.79 Å². The molecule has 5 heteroatoms. The quantitative estimate of drug-likeness (QED) is 0.773. The average Bonchev–Trinajstić information content (AvgIpc) is 2.38. The second-order valence-electron chi connectivity index (χ2n) is 4.32. The molecule has 0 aromatic heterocycles. The molecule has 0 heterocycles. The Hall–Kier alpha value is -1.46. The molecule has 1 rings (SSSR count). The summed E-state index contributed by atoms with van der Waals surface area (Å²) in [5.74, 6) is -0.00796. The molecule has 0 aliphatic carbocycles. The van der Waals surface area contributed by atoms with Crippen molar-refractivity contribution in [3.05, 3.63) is 35.4 Å². The predicted molar refractivity (Wildman–Crippen MR) is 80.4 cm³/mol. The molecule has 1 aromatic carbocycles. The third-order valence-electron chi connectivity index (χ3n) is 2.86. The summed E-state index contributed by atoms with van der Waals surface area (Å²) >= 11 is 4.86. The highest BCUT2D eigenvalue weighted by Gasteiger charge is 2.17. The van der Waals surface area contributed by atoms with E-state index in [0.29, 0.717) is 36.7 Å². The molecule has 0 atom stereocenters. The van der Waals surface area contributed by atoms with Crippen LogP contribution in [0, 0.1) is 6.92 Å². The van der Waals surface area contributed by atoms with Crippen LogP contribution in [0.15, 0.2) is 24.3 Å². The second kappa shape index (κ2) is 7.86. The Balaban J connectivity index is 2.81. The van der Waals surface area contributed by atoms with Gasteiger partial charge in [0.25, 0.3) is 5.91 Å². The minimum atomic E-state index is -0.00796. The fourth-order valence-corrected chi connectivity index (χ4v) is 1.84. The summed E-state index contributed by atoms with van der Waals surface area (Å²) in [5.41, 5.74) is 7.17. The number of hydrogen-bond acceptors (Lipinski definition) is 3. The summed E-state index contributed by atoms with van der Waals surface area (Å²) in [4.78, 5) is 14.6. The summed E-state index contributed by atoms with van der Waals surface area (Å²) in [6, 6.07) is 7.54. The van der Waals surface area contributed by atoms with E-state index in [-0.39, 0.29) is 5.91 Å². The number of carbonyl (C=O) groups is 1. The maximum absolute atomic E-state index is 12.5. The van der Waals surface area contributed by atoms with Crippen LogP contribution in [0.2, 0.25) is 0 Å². The van der Waals surface area contributed by atoms with Gasteiger partial charge in [-0.25, -0.2) is 0 Å². The van der Waals surface area contributed by atoms with E-state index in [9.17, 15) is 4.79 Å². The SMILES string of the molecule is COCCN(CCC(N)=S)C(=O)c1ccccc1C. The molecular weight excluding hydrogens is 260 g/mol. The average molecular weight is 280 g/mol. The fraction of sp³-hybridized carbons (Fsp3) is 0.429. The van der Waals surface area contributed by atoms with E-state index in [1.807, 2.05) is 31.2 Å². The van der Waals surface area contributed by atoms with E-state index in [0.717, 1.165) is 5.56 Å². The first-order valence-electron chi connectivity index (χ1n) is 6.18. The summed E-state index contributed by atoms with van der Waals surface area (Å²) in [6.07, 6.45) is 0.524. The zero-order valence-electron chi connectivity index (χ0n) is 11.4. The Kier molecular flexibility index (Phi) is 6.45. The summed E-state index contributed by atoms with van der Waals surface area (Å²) in [6.45, 7) is 3.47. The molecule has 0 aliphatic heterocycles. The number of ether oxygens (including phenoxy) is 1. The van der Waals surface area contributed by atoms with Crippen LogP contribution in [0.5, 0.6) is 0 Å². The Morgan fingerprint density at radius 2 is 2.05 bits per heavy atom. The maximum atomic E-state index is 12.5. The molecule has 0 saturated carbocycles. The summed E-state index contributed by atoms with van der Waals surface area (Å²) < 4.78 is 5.04. The van der Waals surface area contributed by atoms with Crippen molar-refractivity contribution in [1.29, 1.82) is 0 Å². The molecule has 0 saturated heterocycles. The van der Waals surface area contributed by atoms with Gasteiger partial charge in [-0.15, -0.1) is 0 Å². The van der Waals surface area contributed by atoms with E-state index >= 15 is 0 Å². The summed E-state index contributed by atoms with van der Waals surface area (Å²) in [5, 5.41) is 0. The van der Waals surface area contributed by atoms with Gasteiger partial charge >= 0.3 is 0 Å². The van der Waals surface area contributed by atoms with Gasteiger partial charge < -0.3 is 15.4 Å². The molecule has 1 aromatic rings. The van der Waals surface area contributed by atoms with Gasteiger partial charge in [0.15, 0.2) is 0 Å². The van der Waals surface area contributed by atoms with Crippen LogP contribution in [-0.4, -0.2) is 42.6 Å². The third-order valence-corrected chi connectivity index (χ3v) is 3.06. The van der Waals surface area contributed by atoms with Crippen LogP contribution in [0.3, 0.4) is 0 Å².